The molecule has 10 nitrogen and oxygen atoms in total. The summed E-state index contributed by atoms with van der Waals surface area (Å²) < 4.78 is 0. The van der Waals surface area contributed by atoms with Crippen LogP contribution >= 0.6 is 11.3 Å². The summed E-state index contributed by atoms with van der Waals surface area (Å²) >= 11 is 1.33. The highest BCUT2D eigenvalue weighted by molar-refractivity contribution is 7.13. The van der Waals surface area contributed by atoms with Crippen molar-refractivity contribution >= 4 is 40.0 Å². The van der Waals surface area contributed by atoms with Crippen molar-refractivity contribution in [2.45, 2.75) is 18.9 Å². The molecule has 0 aliphatic rings. The van der Waals surface area contributed by atoms with E-state index in [1.807, 2.05) is 54.6 Å². The second-order valence-electron chi connectivity index (χ2n) is 7.09. The van der Waals surface area contributed by atoms with E-state index in [0.717, 1.165) is 29.8 Å². The molecule has 0 bridgehead atoms. The van der Waals surface area contributed by atoms with E-state index in [4.69, 9.17) is 25.5 Å². The third-order valence-corrected chi connectivity index (χ3v) is 5.17. The van der Waals surface area contributed by atoms with Gasteiger partial charge in [-0.05, 0) is 36.2 Å². The highest BCUT2D eigenvalue weighted by atomic mass is 32.1. The summed E-state index contributed by atoms with van der Waals surface area (Å²) in [5, 5.41) is 33.3. The molecular formula is C23H26N4O6S. The fraction of sp³-hybridized carbons (Fsp3) is 0.217. The predicted octanol–water partition coefficient (Wildman–Crippen LogP) is 1.93. The molecule has 34 heavy (non-hydrogen) atoms. The first-order chi connectivity index (χ1) is 16.2. The number of rotatable bonds is 9. The molecule has 11 heteroatoms. The van der Waals surface area contributed by atoms with Crippen LogP contribution in [0.25, 0.3) is 0 Å². The van der Waals surface area contributed by atoms with Crippen LogP contribution in [0.1, 0.15) is 22.9 Å². The standard InChI is InChI=1S/C21H24N4O2S.C2H2O4/c22-21-25-18(14-28-21)12-20(27)24-17-8-6-15(7-9-17)10-11-23-13-19(26)16-4-2-1-3-5-16;3-1(4)2(5)6/h1-9,14,19,23,26H,10-13H2,(H2,22,25)(H,24,27);(H,3,4)(H,5,6)/t19-;/m0./s1. The highest BCUT2D eigenvalue weighted by Gasteiger charge is 2.08. The Hall–Kier alpha value is -3.80. The molecule has 0 radical (unpaired) electrons. The quantitative estimate of drug-likeness (QED) is 0.195. The lowest BCUT2D eigenvalue weighted by atomic mass is 10.1. The largest absolute Gasteiger partial charge is 0.473 e. The number of carbonyl (C=O) groups excluding carboxylic acids is 1. The molecule has 0 aliphatic carbocycles. The molecule has 0 spiro atoms. The van der Waals surface area contributed by atoms with Gasteiger partial charge in [-0.2, -0.15) is 0 Å². The lowest BCUT2D eigenvalue weighted by Gasteiger charge is -2.12. The first kappa shape index (κ1) is 26.5. The lowest BCUT2D eigenvalue weighted by Crippen LogP contribution is -2.23. The van der Waals surface area contributed by atoms with E-state index in [2.05, 4.69) is 15.6 Å². The zero-order valence-corrected chi connectivity index (χ0v) is 19.0. The summed E-state index contributed by atoms with van der Waals surface area (Å²) in [5.74, 6) is -3.76. The van der Waals surface area contributed by atoms with Crippen molar-refractivity contribution < 1.29 is 29.7 Å². The number of benzene rings is 2. The molecule has 0 saturated carbocycles. The van der Waals surface area contributed by atoms with Crippen LogP contribution in [0.4, 0.5) is 10.8 Å². The minimum absolute atomic E-state index is 0.116. The summed E-state index contributed by atoms with van der Waals surface area (Å²) in [7, 11) is 0. The smallest absolute Gasteiger partial charge is 0.414 e. The van der Waals surface area contributed by atoms with Crippen LogP contribution in [-0.2, 0) is 27.2 Å². The van der Waals surface area contributed by atoms with Crippen LogP contribution in [0.3, 0.4) is 0 Å². The monoisotopic (exact) mass is 486 g/mol. The van der Waals surface area contributed by atoms with Crippen LogP contribution in [0.5, 0.6) is 0 Å². The third kappa shape index (κ3) is 9.77. The van der Waals surface area contributed by atoms with Crippen LogP contribution in [0.15, 0.2) is 60.0 Å². The number of nitrogens with zero attached hydrogens (tertiary/aromatic N) is 1. The average Bonchev–Trinajstić information content (AvgIpc) is 3.22. The van der Waals surface area contributed by atoms with E-state index in [0.29, 0.717) is 17.4 Å². The van der Waals surface area contributed by atoms with Gasteiger partial charge < -0.3 is 31.7 Å². The van der Waals surface area contributed by atoms with Gasteiger partial charge in [-0.3, -0.25) is 4.79 Å². The molecule has 3 aromatic rings. The summed E-state index contributed by atoms with van der Waals surface area (Å²) in [6.45, 7) is 1.28. The van der Waals surface area contributed by atoms with Crippen molar-refractivity contribution in [3.8, 4) is 0 Å². The van der Waals surface area contributed by atoms with Crippen LogP contribution in [-0.4, -0.2) is 51.2 Å². The molecule has 1 aromatic heterocycles. The van der Waals surface area contributed by atoms with Crippen LogP contribution in [0, 0.1) is 0 Å². The minimum atomic E-state index is -1.82. The lowest BCUT2D eigenvalue weighted by molar-refractivity contribution is -0.159. The Morgan fingerprint density at radius 2 is 1.65 bits per heavy atom. The number of hydrogen-bond acceptors (Lipinski definition) is 8. The Morgan fingerprint density at radius 1 is 1.00 bits per heavy atom. The van der Waals surface area contributed by atoms with Gasteiger partial charge in [0.15, 0.2) is 5.13 Å². The molecule has 0 fully saturated rings. The number of hydrogen-bond donors (Lipinski definition) is 6. The van der Waals surface area contributed by atoms with Crippen molar-refractivity contribution in [2.24, 2.45) is 0 Å². The zero-order chi connectivity index (χ0) is 24.9. The Morgan fingerprint density at radius 3 is 2.21 bits per heavy atom. The van der Waals surface area contributed by atoms with Gasteiger partial charge in [0.05, 0.1) is 18.2 Å². The molecule has 7 N–H and O–H groups in total. The van der Waals surface area contributed by atoms with E-state index in [9.17, 15) is 9.90 Å². The van der Waals surface area contributed by atoms with Crippen LogP contribution in [0.2, 0.25) is 0 Å². The maximum Gasteiger partial charge on any atom is 0.414 e. The molecule has 1 atom stereocenters. The summed E-state index contributed by atoms with van der Waals surface area (Å²) in [6.07, 6.45) is 0.545. The first-order valence-corrected chi connectivity index (χ1v) is 11.1. The Balaban J connectivity index is 0.000000604. The van der Waals surface area contributed by atoms with Crippen molar-refractivity contribution in [2.75, 3.05) is 24.1 Å². The fourth-order valence-corrected chi connectivity index (χ4v) is 3.36. The number of thiazole rings is 1. The summed E-state index contributed by atoms with van der Waals surface area (Å²) in [5.41, 5.74) is 9.08. The SMILES string of the molecule is Nc1nc(CC(=O)Nc2ccc(CCNC[C@H](O)c3ccccc3)cc2)cs1.O=C(O)C(=O)O. The molecule has 180 valence electrons. The first-order valence-electron chi connectivity index (χ1n) is 10.2. The number of nitrogens with two attached hydrogens (primary N) is 1. The number of aliphatic carboxylic acids is 2. The normalized spacial score (nSPS) is 11.1. The number of carbonyl (C=O) groups is 3. The number of carboxylic acid groups (broad SMARTS) is 2. The number of nitrogen functional groups attached to an aromatic ring is 1. The number of anilines is 2. The number of carboxylic acids is 2. The number of nitrogens with one attached hydrogen (secondary N) is 2. The molecule has 0 unspecified atom stereocenters. The molecule has 3 rings (SSSR count). The number of amides is 1. The van der Waals surface area contributed by atoms with Crippen molar-refractivity contribution in [1.29, 1.82) is 0 Å². The van der Waals surface area contributed by atoms with Gasteiger partial charge >= 0.3 is 11.9 Å². The molecule has 0 saturated heterocycles. The fourth-order valence-electron chi connectivity index (χ4n) is 2.79. The Labute approximate surface area is 200 Å². The Bertz CT molecular complexity index is 1060. The molecule has 1 amide bonds. The van der Waals surface area contributed by atoms with E-state index in [-0.39, 0.29) is 12.3 Å². The molecule has 1 heterocycles. The average molecular weight is 487 g/mol. The van der Waals surface area contributed by atoms with Gasteiger partial charge in [0.2, 0.25) is 5.91 Å². The van der Waals surface area contributed by atoms with E-state index >= 15 is 0 Å². The Kier molecular flexibility index (Phi) is 10.6. The maximum absolute atomic E-state index is 12.0. The van der Waals surface area contributed by atoms with Crippen molar-refractivity contribution in [1.82, 2.24) is 10.3 Å². The third-order valence-electron chi connectivity index (χ3n) is 4.44. The molecular weight excluding hydrogens is 460 g/mol. The van der Waals surface area contributed by atoms with E-state index in [1.165, 1.54) is 11.3 Å². The van der Waals surface area contributed by atoms with Crippen molar-refractivity contribution in [3.63, 3.8) is 0 Å². The van der Waals surface area contributed by atoms with E-state index in [1.54, 1.807) is 5.38 Å². The summed E-state index contributed by atoms with van der Waals surface area (Å²) in [6, 6.07) is 17.4. The number of aromatic nitrogens is 1. The summed E-state index contributed by atoms with van der Waals surface area (Å²) in [4.78, 5) is 34.3. The van der Waals surface area contributed by atoms with Crippen LogP contribution < -0.4 is 16.4 Å². The van der Waals surface area contributed by atoms with Crippen molar-refractivity contribution in [3.05, 3.63) is 76.8 Å². The second kappa shape index (κ2) is 13.7. The second-order valence-corrected chi connectivity index (χ2v) is 7.98. The van der Waals surface area contributed by atoms with Gasteiger partial charge in [0, 0.05) is 17.6 Å². The topological polar surface area (TPSA) is 175 Å². The molecule has 0 aliphatic heterocycles. The van der Waals surface area contributed by atoms with E-state index < -0.39 is 18.0 Å². The van der Waals surface area contributed by atoms with Gasteiger partial charge in [-0.1, -0.05) is 42.5 Å². The predicted molar refractivity (Wildman–Crippen MR) is 129 cm³/mol. The zero-order valence-electron chi connectivity index (χ0n) is 18.2. The minimum Gasteiger partial charge on any atom is -0.473 e. The highest BCUT2D eigenvalue weighted by Crippen LogP contribution is 2.14. The number of aliphatic hydroxyl groups is 1. The van der Waals surface area contributed by atoms with Gasteiger partial charge in [-0.25, -0.2) is 14.6 Å². The van der Waals surface area contributed by atoms with Gasteiger partial charge in [0.1, 0.15) is 0 Å². The van der Waals surface area contributed by atoms with Gasteiger partial charge in [-0.15, -0.1) is 11.3 Å². The number of aliphatic hydroxyl groups excluding tert-OH is 1. The maximum atomic E-state index is 12.0. The molecule has 2 aromatic carbocycles. The van der Waals surface area contributed by atoms with Gasteiger partial charge in [0.25, 0.3) is 0 Å².